The number of aromatic nitrogens is 1. The van der Waals surface area contributed by atoms with Crippen LogP contribution in [0.2, 0.25) is 0 Å². The predicted octanol–water partition coefficient (Wildman–Crippen LogP) is 3.48. The molecule has 0 aliphatic carbocycles. The van der Waals surface area contributed by atoms with E-state index in [9.17, 15) is 22.8 Å². The van der Waals surface area contributed by atoms with E-state index in [0.29, 0.717) is 37.6 Å². The van der Waals surface area contributed by atoms with Crippen LogP contribution in [0.5, 0.6) is 0 Å². The molecule has 6 nitrogen and oxygen atoms in total. The molecule has 3 rings (SSSR count). The molecule has 1 N–H and O–H groups in total. The van der Waals surface area contributed by atoms with E-state index in [1.54, 1.807) is 17.0 Å². The van der Waals surface area contributed by atoms with Gasteiger partial charge in [-0.15, -0.1) is 0 Å². The van der Waals surface area contributed by atoms with E-state index in [2.05, 4.69) is 31.1 Å². The Morgan fingerprint density at radius 2 is 1.53 bits per heavy atom. The van der Waals surface area contributed by atoms with Crippen LogP contribution in [0.4, 0.5) is 19.0 Å². The van der Waals surface area contributed by atoms with Gasteiger partial charge in [-0.25, -0.2) is 4.98 Å². The lowest BCUT2D eigenvalue weighted by Gasteiger charge is -2.35. The number of anilines is 1. The Morgan fingerprint density at radius 1 is 0.938 bits per heavy atom. The lowest BCUT2D eigenvalue weighted by atomic mass is 9.87. The van der Waals surface area contributed by atoms with Crippen molar-refractivity contribution in [3.8, 4) is 0 Å². The number of halogens is 3. The molecule has 0 radical (unpaired) electrons. The number of amides is 2. The van der Waals surface area contributed by atoms with Gasteiger partial charge in [0.2, 0.25) is 5.91 Å². The first kappa shape index (κ1) is 23.6. The molecule has 172 valence electrons. The van der Waals surface area contributed by atoms with Gasteiger partial charge in [0, 0.05) is 37.9 Å². The molecule has 0 saturated carbocycles. The maximum Gasteiger partial charge on any atom is 0.417 e. The van der Waals surface area contributed by atoms with Crippen molar-refractivity contribution in [1.82, 2.24) is 15.2 Å². The third-order valence-electron chi connectivity index (χ3n) is 5.44. The van der Waals surface area contributed by atoms with Gasteiger partial charge in [0.1, 0.15) is 5.82 Å². The average molecular weight is 448 g/mol. The van der Waals surface area contributed by atoms with E-state index in [4.69, 9.17) is 0 Å². The van der Waals surface area contributed by atoms with E-state index in [1.807, 2.05) is 17.0 Å². The first-order valence-corrected chi connectivity index (χ1v) is 10.4. The van der Waals surface area contributed by atoms with Crippen molar-refractivity contribution in [3.63, 3.8) is 0 Å². The monoisotopic (exact) mass is 448 g/mol. The highest BCUT2D eigenvalue weighted by Gasteiger charge is 2.31. The molecule has 0 atom stereocenters. The van der Waals surface area contributed by atoms with Crippen LogP contribution in [0.25, 0.3) is 0 Å². The quantitative estimate of drug-likeness (QED) is 0.778. The molecular formula is C23H27F3N4O2. The van der Waals surface area contributed by atoms with Crippen molar-refractivity contribution in [2.24, 2.45) is 0 Å². The summed E-state index contributed by atoms with van der Waals surface area (Å²) in [6.07, 6.45) is -3.61. The molecule has 2 heterocycles. The molecule has 2 aromatic rings. The van der Waals surface area contributed by atoms with E-state index in [-0.39, 0.29) is 23.8 Å². The topological polar surface area (TPSA) is 65.5 Å². The number of benzene rings is 1. The van der Waals surface area contributed by atoms with Crippen molar-refractivity contribution in [3.05, 3.63) is 59.3 Å². The first-order valence-electron chi connectivity index (χ1n) is 10.4. The summed E-state index contributed by atoms with van der Waals surface area (Å²) in [5, 5.41) is 2.65. The Hall–Kier alpha value is -3.10. The van der Waals surface area contributed by atoms with Crippen molar-refractivity contribution in [2.45, 2.75) is 32.4 Å². The highest BCUT2D eigenvalue weighted by molar-refractivity contribution is 5.96. The minimum Gasteiger partial charge on any atom is -0.353 e. The Kier molecular flexibility index (Phi) is 6.76. The standard InChI is InChI=1S/C23H27F3N4O2/c1-22(2,3)17-6-4-16(5-7-17)21(32)28-15-20(31)30-12-10-29(11-13-30)19-9-8-18(14-27-19)23(24,25)26/h4-9,14H,10-13,15H2,1-3H3,(H,28,32). The van der Waals surface area contributed by atoms with Crippen LogP contribution in [0.1, 0.15) is 42.3 Å². The van der Waals surface area contributed by atoms with Gasteiger partial charge < -0.3 is 15.1 Å². The van der Waals surface area contributed by atoms with E-state index in [0.717, 1.165) is 17.8 Å². The summed E-state index contributed by atoms with van der Waals surface area (Å²) in [4.78, 5) is 32.2. The number of piperazine rings is 1. The second-order valence-electron chi connectivity index (χ2n) is 8.78. The highest BCUT2D eigenvalue weighted by atomic mass is 19.4. The fraction of sp³-hybridized carbons (Fsp3) is 0.435. The molecule has 2 amide bonds. The molecule has 1 aromatic heterocycles. The second-order valence-corrected chi connectivity index (χ2v) is 8.78. The summed E-state index contributed by atoms with van der Waals surface area (Å²) in [7, 11) is 0. The molecule has 9 heteroatoms. The van der Waals surface area contributed by atoms with Crippen molar-refractivity contribution < 1.29 is 22.8 Å². The number of pyridine rings is 1. The number of carbonyl (C=O) groups is 2. The van der Waals surface area contributed by atoms with Crippen LogP contribution in [0.3, 0.4) is 0 Å². The number of nitrogens with zero attached hydrogens (tertiary/aromatic N) is 3. The molecule has 1 aliphatic rings. The van der Waals surface area contributed by atoms with Crippen LogP contribution in [0.15, 0.2) is 42.6 Å². The lowest BCUT2D eigenvalue weighted by molar-refractivity contribution is -0.137. The normalized spacial score (nSPS) is 14.9. The smallest absolute Gasteiger partial charge is 0.353 e. The second kappa shape index (κ2) is 9.18. The first-order chi connectivity index (χ1) is 14.9. The molecule has 1 aromatic carbocycles. The molecule has 0 bridgehead atoms. The lowest BCUT2D eigenvalue weighted by Crippen LogP contribution is -2.51. The summed E-state index contributed by atoms with van der Waals surface area (Å²) in [6.45, 7) is 7.86. The molecular weight excluding hydrogens is 421 g/mol. The number of alkyl halides is 3. The maximum atomic E-state index is 12.7. The van der Waals surface area contributed by atoms with Crippen LogP contribution in [-0.2, 0) is 16.4 Å². The van der Waals surface area contributed by atoms with Gasteiger partial charge in [-0.1, -0.05) is 32.9 Å². The molecule has 1 aliphatic heterocycles. The van der Waals surface area contributed by atoms with Crippen molar-refractivity contribution >= 4 is 17.6 Å². The van der Waals surface area contributed by atoms with Gasteiger partial charge in [-0.2, -0.15) is 13.2 Å². The van der Waals surface area contributed by atoms with Gasteiger partial charge in [0.05, 0.1) is 12.1 Å². The van der Waals surface area contributed by atoms with Gasteiger partial charge in [0.15, 0.2) is 0 Å². The third kappa shape index (κ3) is 5.77. The molecule has 1 fully saturated rings. The largest absolute Gasteiger partial charge is 0.417 e. The van der Waals surface area contributed by atoms with Crippen LogP contribution in [-0.4, -0.2) is 54.4 Å². The predicted molar refractivity (Wildman–Crippen MR) is 116 cm³/mol. The summed E-state index contributed by atoms with van der Waals surface area (Å²) in [6, 6.07) is 9.65. The zero-order chi connectivity index (χ0) is 23.5. The summed E-state index contributed by atoms with van der Waals surface area (Å²) < 4.78 is 38.0. The van der Waals surface area contributed by atoms with Gasteiger partial charge >= 0.3 is 6.18 Å². The molecule has 0 spiro atoms. The summed E-state index contributed by atoms with van der Waals surface area (Å²) in [5.41, 5.74) is 0.802. The minimum atomic E-state index is -4.42. The SMILES string of the molecule is CC(C)(C)c1ccc(C(=O)NCC(=O)N2CCN(c3ccc(C(F)(F)F)cn3)CC2)cc1. The number of hydrogen-bond acceptors (Lipinski definition) is 4. The molecule has 1 saturated heterocycles. The Bertz CT molecular complexity index is 943. The Morgan fingerprint density at radius 3 is 2.03 bits per heavy atom. The van der Waals surface area contributed by atoms with Crippen LogP contribution in [0, 0.1) is 0 Å². The minimum absolute atomic E-state index is 0.0109. The Balaban J connectivity index is 1.48. The van der Waals surface area contributed by atoms with Crippen molar-refractivity contribution in [1.29, 1.82) is 0 Å². The number of rotatable bonds is 4. The van der Waals surface area contributed by atoms with Crippen LogP contribution < -0.4 is 10.2 Å². The molecule has 0 unspecified atom stereocenters. The fourth-order valence-corrected chi connectivity index (χ4v) is 3.42. The summed E-state index contributed by atoms with van der Waals surface area (Å²) >= 11 is 0. The Labute approximate surface area is 185 Å². The van der Waals surface area contributed by atoms with Gasteiger partial charge in [0.25, 0.3) is 5.91 Å². The fourth-order valence-electron chi connectivity index (χ4n) is 3.42. The highest BCUT2D eigenvalue weighted by Crippen LogP contribution is 2.29. The van der Waals surface area contributed by atoms with Crippen molar-refractivity contribution in [2.75, 3.05) is 37.6 Å². The number of carbonyl (C=O) groups excluding carboxylic acids is 2. The number of nitrogens with one attached hydrogen (secondary N) is 1. The zero-order valence-electron chi connectivity index (χ0n) is 18.4. The zero-order valence-corrected chi connectivity index (χ0v) is 18.4. The van der Waals surface area contributed by atoms with E-state index in [1.165, 1.54) is 6.07 Å². The van der Waals surface area contributed by atoms with Gasteiger partial charge in [-0.3, -0.25) is 9.59 Å². The maximum absolute atomic E-state index is 12.7. The summed E-state index contributed by atoms with van der Waals surface area (Å²) in [5.74, 6) is -0.0757. The average Bonchev–Trinajstić information content (AvgIpc) is 2.76. The van der Waals surface area contributed by atoms with Crippen LogP contribution >= 0.6 is 0 Å². The van der Waals surface area contributed by atoms with Gasteiger partial charge in [-0.05, 0) is 35.2 Å². The van der Waals surface area contributed by atoms with E-state index >= 15 is 0 Å². The molecule has 32 heavy (non-hydrogen) atoms. The van der Waals surface area contributed by atoms with E-state index < -0.39 is 11.7 Å². The number of hydrogen-bond donors (Lipinski definition) is 1. The third-order valence-corrected chi connectivity index (χ3v) is 5.44.